The second kappa shape index (κ2) is 5.83. The van der Waals surface area contributed by atoms with Gasteiger partial charge in [0.2, 0.25) is 5.91 Å². The van der Waals surface area contributed by atoms with Crippen LogP contribution in [0.3, 0.4) is 0 Å². The molecule has 0 bridgehead atoms. The van der Waals surface area contributed by atoms with Crippen LogP contribution in [0.5, 0.6) is 0 Å². The maximum atomic E-state index is 10.8. The van der Waals surface area contributed by atoms with Crippen molar-refractivity contribution in [2.24, 2.45) is 5.73 Å². The number of nitrogens with one attached hydrogen (secondary N) is 1. The Morgan fingerprint density at radius 3 is 2.82 bits per heavy atom. The van der Waals surface area contributed by atoms with E-state index >= 15 is 0 Å². The first-order chi connectivity index (χ1) is 8.02. The van der Waals surface area contributed by atoms with Crippen LogP contribution in [0.1, 0.15) is 18.4 Å². The smallest absolute Gasteiger partial charge is 0.292 e. The first-order valence-corrected chi connectivity index (χ1v) is 5.28. The van der Waals surface area contributed by atoms with Crippen LogP contribution in [0.2, 0.25) is 0 Å². The molecule has 1 aromatic carbocycles. The van der Waals surface area contributed by atoms with Crippen molar-refractivity contribution in [1.29, 1.82) is 0 Å². The molecule has 6 heteroatoms. The number of primary amides is 1. The molecule has 6 nitrogen and oxygen atoms in total. The van der Waals surface area contributed by atoms with Gasteiger partial charge >= 0.3 is 0 Å². The largest absolute Gasteiger partial charge is 0.379 e. The van der Waals surface area contributed by atoms with Gasteiger partial charge in [-0.1, -0.05) is 12.1 Å². The van der Waals surface area contributed by atoms with E-state index in [0.29, 0.717) is 18.7 Å². The van der Waals surface area contributed by atoms with Gasteiger partial charge in [0, 0.05) is 19.0 Å². The number of para-hydroxylation sites is 1. The van der Waals surface area contributed by atoms with E-state index in [2.05, 4.69) is 5.32 Å². The molecule has 17 heavy (non-hydrogen) atoms. The number of amides is 1. The van der Waals surface area contributed by atoms with Gasteiger partial charge in [-0.2, -0.15) is 0 Å². The van der Waals surface area contributed by atoms with Crippen LogP contribution < -0.4 is 11.1 Å². The summed E-state index contributed by atoms with van der Waals surface area (Å²) >= 11 is 0. The van der Waals surface area contributed by atoms with Crippen LogP contribution in [0, 0.1) is 17.0 Å². The summed E-state index contributed by atoms with van der Waals surface area (Å²) in [5, 5.41) is 13.8. The van der Waals surface area contributed by atoms with Crippen LogP contribution in [-0.2, 0) is 4.79 Å². The summed E-state index contributed by atoms with van der Waals surface area (Å²) < 4.78 is 0. The Bertz CT molecular complexity index is 432. The zero-order chi connectivity index (χ0) is 12.8. The second-order valence-corrected chi connectivity index (χ2v) is 3.72. The molecule has 0 radical (unpaired) electrons. The number of nitro benzene ring substituents is 1. The van der Waals surface area contributed by atoms with E-state index in [0.717, 1.165) is 5.56 Å². The molecule has 0 spiro atoms. The number of anilines is 1. The van der Waals surface area contributed by atoms with E-state index in [9.17, 15) is 14.9 Å². The topological polar surface area (TPSA) is 98.3 Å². The van der Waals surface area contributed by atoms with Crippen LogP contribution in [-0.4, -0.2) is 17.4 Å². The Hall–Kier alpha value is -2.11. The highest BCUT2D eigenvalue weighted by atomic mass is 16.6. The van der Waals surface area contributed by atoms with Crippen molar-refractivity contribution in [2.75, 3.05) is 11.9 Å². The van der Waals surface area contributed by atoms with E-state index in [1.54, 1.807) is 19.1 Å². The summed E-state index contributed by atoms with van der Waals surface area (Å²) in [5.74, 6) is -0.369. The number of nitro groups is 1. The Morgan fingerprint density at radius 1 is 1.53 bits per heavy atom. The third-order valence-corrected chi connectivity index (χ3v) is 2.35. The van der Waals surface area contributed by atoms with Gasteiger partial charge in [-0.05, 0) is 18.9 Å². The van der Waals surface area contributed by atoms with Crippen molar-refractivity contribution < 1.29 is 9.72 Å². The third-order valence-electron chi connectivity index (χ3n) is 2.35. The zero-order valence-electron chi connectivity index (χ0n) is 9.60. The summed E-state index contributed by atoms with van der Waals surface area (Å²) in [6, 6.07) is 4.88. The van der Waals surface area contributed by atoms with Gasteiger partial charge in [-0.25, -0.2) is 0 Å². The van der Waals surface area contributed by atoms with Crippen molar-refractivity contribution >= 4 is 17.3 Å². The Balaban J connectivity index is 2.69. The van der Waals surface area contributed by atoms with Gasteiger partial charge in [-0.15, -0.1) is 0 Å². The lowest BCUT2D eigenvalue weighted by Crippen LogP contribution is -2.13. The average Bonchev–Trinajstić information content (AvgIpc) is 2.25. The fourth-order valence-electron chi connectivity index (χ4n) is 1.51. The monoisotopic (exact) mass is 237 g/mol. The van der Waals surface area contributed by atoms with Crippen molar-refractivity contribution in [3.63, 3.8) is 0 Å². The number of nitrogens with two attached hydrogens (primary N) is 1. The number of hydrogen-bond donors (Lipinski definition) is 2. The Kier molecular flexibility index (Phi) is 4.45. The minimum Gasteiger partial charge on any atom is -0.379 e. The predicted octanol–water partition coefficient (Wildman–Crippen LogP) is 1.58. The summed E-state index contributed by atoms with van der Waals surface area (Å²) in [5.41, 5.74) is 6.36. The van der Waals surface area contributed by atoms with Crippen molar-refractivity contribution in [2.45, 2.75) is 19.8 Å². The second-order valence-electron chi connectivity index (χ2n) is 3.72. The fraction of sp³-hybridized carbons (Fsp3) is 0.364. The van der Waals surface area contributed by atoms with E-state index in [4.69, 9.17) is 5.73 Å². The van der Waals surface area contributed by atoms with Crippen LogP contribution in [0.25, 0.3) is 0 Å². The van der Waals surface area contributed by atoms with Crippen LogP contribution in [0.15, 0.2) is 18.2 Å². The van der Waals surface area contributed by atoms with E-state index in [1.807, 2.05) is 0 Å². The Labute approximate surface area is 99.0 Å². The first-order valence-electron chi connectivity index (χ1n) is 5.28. The third kappa shape index (κ3) is 3.75. The van der Waals surface area contributed by atoms with E-state index < -0.39 is 4.92 Å². The summed E-state index contributed by atoms with van der Waals surface area (Å²) in [6.45, 7) is 2.28. The lowest BCUT2D eigenvalue weighted by Gasteiger charge is -2.09. The Morgan fingerprint density at radius 2 is 2.24 bits per heavy atom. The fourth-order valence-corrected chi connectivity index (χ4v) is 1.51. The minimum absolute atomic E-state index is 0.0454. The van der Waals surface area contributed by atoms with Crippen LogP contribution in [0.4, 0.5) is 11.4 Å². The highest BCUT2D eigenvalue weighted by Gasteiger charge is 2.14. The molecule has 1 amide bonds. The van der Waals surface area contributed by atoms with Crippen molar-refractivity contribution in [1.82, 2.24) is 0 Å². The molecule has 0 aliphatic heterocycles. The quantitative estimate of drug-likeness (QED) is 0.445. The molecule has 0 aromatic heterocycles. The maximum absolute atomic E-state index is 10.8. The van der Waals surface area contributed by atoms with Crippen molar-refractivity contribution in [3.05, 3.63) is 33.9 Å². The molecule has 0 atom stereocenters. The number of hydrogen-bond acceptors (Lipinski definition) is 4. The molecule has 0 saturated carbocycles. The first kappa shape index (κ1) is 13.0. The molecule has 0 aliphatic carbocycles. The van der Waals surface area contributed by atoms with Gasteiger partial charge in [-0.3, -0.25) is 14.9 Å². The summed E-state index contributed by atoms with van der Waals surface area (Å²) in [7, 11) is 0. The highest BCUT2D eigenvalue weighted by Crippen LogP contribution is 2.27. The molecule has 0 aliphatic rings. The molecule has 0 unspecified atom stereocenters. The van der Waals surface area contributed by atoms with Crippen LogP contribution >= 0.6 is 0 Å². The number of carbonyl (C=O) groups is 1. The number of aryl methyl sites for hydroxylation is 1. The SMILES string of the molecule is Cc1cccc([N+](=O)[O-])c1NCCCC(N)=O. The maximum Gasteiger partial charge on any atom is 0.292 e. The van der Waals surface area contributed by atoms with Gasteiger partial charge in [0.05, 0.1) is 4.92 Å². The zero-order valence-corrected chi connectivity index (χ0v) is 9.60. The number of benzene rings is 1. The van der Waals surface area contributed by atoms with E-state index in [1.165, 1.54) is 6.07 Å². The molecule has 0 fully saturated rings. The molecule has 1 aromatic rings. The van der Waals surface area contributed by atoms with Gasteiger partial charge in [0.1, 0.15) is 5.69 Å². The molecule has 3 N–H and O–H groups in total. The predicted molar refractivity (Wildman–Crippen MR) is 64.8 cm³/mol. The number of nitrogens with zero attached hydrogens (tertiary/aromatic N) is 1. The molecule has 1 rings (SSSR count). The molecule has 0 heterocycles. The van der Waals surface area contributed by atoms with Gasteiger partial charge in [0.25, 0.3) is 5.69 Å². The highest BCUT2D eigenvalue weighted by molar-refractivity contribution is 5.73. The molecule has 0 saturated heterocycles. The minimum atomic E-state index is -0.427. The summed E-state index contributed by atoms with van der Waals surface area (Å²) in [6.07, 6.45) is 0.827. The normalized spacial score (nSPS) is 9.94. The number of rotatable bonds is 6. The summed E-state index contributed by atoms with van der Waals surface area (Å²) in [4.78, 5) is 20.9. The van der Waals surface area contributed by atoms with Gasteiger partial charge < -0.3 is 11.1 Å². The molecular formula is C11H15N3O3. The number of carbonyl (C=O) groups excluding carboxylic acids is 1. The standard InChI is InChI=1S/C11H15N3O3/c1-8-4-2-5-9(14(16)17)11(8)13-7-3-6-10(12)15/h2,4-5,13H,3,6-7H2,1H3,(H2,12,15). The lowest BCUT2D eigenvalue weighted by atomic mass is 10.1. The molecule has 92 valence electrons. The van der Waals surface area contributed by atoms with E-state index in [-0.39, 0.29) is 18.0 Å². The van der Waals surface area contributed by atoms with Gasteiger partial charge in [0.15, 0.2) is 0 Å². The lowest BCUT2D eigenvalue weighted by molar-refractivity contribution is -0.384. The van der Waals surface area contributed by atoms with Crippen molar-refractivity contribution in [3.8, 4) is 0 Å². The molecular weight excluding hydrogens is 222 g/mol. The average molecular weight is 237 g/mol.